The van der Waals surface area contributed by atoms with E-state index in [0.717, 1.165) is 6.26 Å². The number of Topliss-reactive ketones (excluding diaryl/α,β-unsaturated/α-hetero) is 1. The molecule has 0 saturated heterocycles. The number of hydrogen-bond acceptors (Lipinski definition) is 6. The van der Waals surface area contributed by atoms with Crippen LogP contribution in [0.25, 0.3) is 5.76 Å². The Morgan fingerprint density at radius 1 is 1.38 bits per heavy atom. The number of ketones is 1. The molecule has 1 aromatic carbocycles. The number of nitrogens with two attached hydrogens (primary N) is 1. The summed E-state index contributed by atoms with van der Waals surface area (Å²) in [5.74, 6) is -0.488. The van der Waals surface area contributed by atoms with Crippen molar-refractivity contribution in [3.8, 4) is 0 Å². The van der Waals surface area contributed by atoms with E-state index >= 15 is 0 Å². The van der Waals surface area contributed by atoms with Gasteiger partial charge in [0.2, 0.25) is 0 Å². The number of aliphatic hydroxyl groups is 1. The molecular formula is C16H19ClN2O4S. The van der Waals surface area contributed by atoms with Crippen LogP contribution < -0.4 is 5.73 Å². The van der Waals surface area contributed by atoms with E-state index < -0.39 is 9.84 Å². The Kier molecular flexibility index (Phi) is 5.79. The van der Waals surface area contributed by atoms with E-state index in [-0.39, 0.29) is 32.6 Å². The number of carbonyl (C=O) groups is 1. The number of rotatable bonds is 4. The highest BCUT2D eigenvalue weighted by atomic mass is 35.5. The van der Waals surface area contributed by atoms with Crippen molar-refractivity contribution in [2.45, 2.75) is 24.2 Å². The van der Waals surface area contributed by atoms with Crippen LogP contribution in [0, 0.1) is 0 Å². The van der Waals surface area contributed by atoms with Crippen LogP contribution in [-0.4, -0.2) is 44.4 Å². The van der Waals surface area contributed by atoms with E-state index in [0.29, 0.717) is 38.1 Å². The fourth-order valence-electron chi connectivity index (χ4n) is 2.51. The zero-order valence-corrected chi connectivity index (χ0v) is 14.8. The van der Waals surface area contributed by atoms with E-state index in [2.05, 4.69) is 4.99 Å². The van der Waals surface area contributed by atoms with Crippen molar-refractivity contribution < 1.29 is 18.3 Å². The van der Waals surface area contributed by atoms with Crippen molar-refractivity contribution in [1.29, 1.82) is 0 Å². The van der Waals surface area contributed by atoms with Gasteiger partial charge in [0.25, 0.3) is 0 Å². The minimum absolute atomic E-state index is 0.0426. The van der Waals surface area contributed by atoms with Gasteiger partial charge in [-0.3, -0.25) is 9.79 Å². The summed E-state index contributed by atoms with van der Waals surface area (Å²) in [6, 6.07) is 3.99. The highest BCUT2D eigenvalue weighted by Gasteiger charge is 2.27. The third-order valence-corrected chi connectivity index (χ3v) is 5.10. The van der Waals surface area contributed by atoms with Gasteiger partial charge in [-0.05, 0) is 31.0 Å². The van der Waals surface area contributed by atoms with E-state index in [1.54, 1.807) is 0 Å². The molecule has 8 heteroatoms. The molecule has 1 saturated carbocycles. The van der Waals surface area contributed by atoms with Gasteiger partial charge in [-0.25, -0.2) is 8.42 Å². The molecule has 0 bridgehead atoms. The molecule has 0 spiro atoms. The molecule has 0 aliphatic heterocycles. The second-order valence-electron chi connectivity index (χ2n) is 5.53. The van der Waals surface area contributed by atoms with Crippen molar-refractivity contribution in [3.63, 3.8) is 0 Å². The SMILES string of the molecule is CS(=O)(=O)c1ccc(C(O)=C2C(=O)CCCC2=NCCN)c(Cl)c1. The fraction of sp³-hybridized carbons (Fsp3) is 0.375. The molecule has 0 aromatic heterocycles. The molecule has 2 rings (SSSR count). The highest BCUT2D eigenvalue weighted by Crippen LogP contribution is 2.31. The van der Waals surface area contributed by atoms with E-state index in [1.165, 1.54) is 18.2 Å². The lowest BCUT2D eigenvalue weighted by atomic mass is 9.89. The molecule has 1 aliphatic carbocycles. The number of halogens is 1. The van der Waals surface area contributed by atoms with Gasteiger partial charge < -0.3 is 10.8 Å². The van der Waals surface area contributed by atoms with Crippen molar-refractivity contribution in [1.82, 2.24) is 0 Å². The normalized spacial score (nSPS) is 19.6. The Labute approximate surface area is 146 Å². The lowest BCUT2D eigenvalue weighted by molar-refractivity contribution is -0.115. The number of hydrogen-bond donors (Lipinski definition) is 2. The first kappa shape index (κ1) is 18.6. The Morgan fingerprint density at radius 2 is 2.08 bits per heavy atom. The minimum atomic E-state index is -3.41. The van der Waals surface area contributed by atoms with Crippen molar-refractivity contribution in [2.24, 2.45) is 10.7 Å². The minimum Gasteiger partial charge on any atom is -0.506 e. The zero-order valence-electron chi connectivity index (χ0n) is 13.3. The summed E-state index contributed by atoms with van der Waals surface area (Å²) in [5, 5.41) is 10.6. The van der Waals surface area contributed by atoms with Crippen molar-refractivity contribution >= 4 is 38.7 Å². The van der Waals surface area contributed by atoms with Gasteiger partial charge in [0, 0.05) is 30.5 Å². The molecule has 0 heterocycles. The molecule has 1 aliphatic rings. The van der Waals surface area contributed by atoms with Crippen LogP contribution in [0.1, 0.15) is 24.8 Å². The Morgan fingerprint density at radius 3 is 2.67 bits per heavy atom. The van der Waals surface area contributed by atoms with Gasteiger partial charge in [-0.1, -0.05) is 11.6 Å². The Bertz CT molecular complexity index is 828. The fourth-order valence-corrected chi connectivity index (χ4v) is 3.49. The summed E-state index contributed by atoms with van der Waals surface area (Å²) in [6.45, 7) is 0.704. The topological polar surface area (TPSA) is 110 Å². The summed E-state index contributed by atoms with van der Waals surface area (Å²) in [4.78, 5) is 16.6. The van der Waals surface area contributed by atoms with Gasteiger partial charge in [-0.15, -0.1) is 0 Å². The van der Waals surface area contributed by atoms with Crippen molar-refractivity contribution in [3.05, 3.63) is 34.4 Å². The second kappa shape index (κ2) is 7.46. The van der Waals surface area contributed by atoms with Crippen molar-refractivity contribution in [2.75, 3.05) is 19.3 Å². The van der Waals surface area contributed by atoms with Crippen LogP contribution in [0.3, 0.4) is 0 Å². The number of aliphatic imine (C=N–C) groups is 1. The average molecular weight is 371 g/mol. The van der Waals surface area contributed by atoms with Crippen LogP contribution in [0.15, 0.2) is 33.7 Å². The highest BCUT2D eigenvalue weighted by molar-refractivity contribution is 7.90. The maximum Gasteiger partial charge on any atom is 0.175 e. The number of carbonyl (C=O) groups excluding carboxylic acids is 1. The molecular weight excluding hydrogens is 352 g/mol. The average Bonchev–Trinajstić information content (AvgIpc) is 2.51. The number of sulfone groups is 1. The van der Waals surface area contributed by atoms with Crippen LogP contribution in [0.4, 0.5) is 0 Å². The molecule has 0 atom stereocenters. The predicted octanol–water partition coefficient (Wildman–Crippen LogP) is 2.17. The van der Waals surface area contributed by atoms with Gasteiger partial charge in [0.15, 0.2) is 15.6 Å². The van der Waals surface area contributed by atoms with Crippen LogP contribution in [0.5, 0.6) is 0 Å². The summed E-state index contributed by atoms with van der Waals surface area (Å²) in [7, 11) is -3.41. The van der Waals surface area contributed by atoms with E-state index in [4.69, 9.17) is 17.3 Å². The van der Waals surface area contributed by atoms with Gasteiger partial charge in [0.1, 0.15) is 5.76 Å². The number of benzene rings is 1. The molecule has 1 aromatic rings. The predicted molar refractivity (Wildman–Crippen MR) is 94.3 cm³/mol. The molecule has 24 heavy (non-hydrogen) atoms. The number of aliphatic hydroxyl groups excluding tert-OH is 1. The first-order valence-corrected chi connectivity index (χ1v) is 9.73. The number of nitrogens with zero attached hydrogens (tertiary/aromatic N) is 1. The first-order chi connectivity index (χ1) is 11.3. The standard InChI is InChI=1S/C16H19ClN2O4S/c1-24(22,23)10-5-6-11(12(17)9-10)16(21)15-13(19-8-7-18)3-2-4-14(15)20/h5-6,9,21H,2-4,7-8,18H2,1H3. The largest absolute Gasteiger partial charge is 0.506 e. The summed E-state index contributed by atoms with van der Waals surface area (Å²) < 4.78 is 23.1. The maximum atomic E-state index is 12.3. The van der Waals surface area contributed by atoms with Crippen LogP contribution in [0.2, 0.25) is 5.02 Å². The quantitative estimate of drug-likeness (QED) is 0.623. The smallest absolute Gasteiger partial charge is 0.175 e. The lowest BCUT2D eigenvalue weighted by Gasteiger charge is -2.18. The van der Waals surface area contributed by atoms with Crippen LogP contribution >= 0.6 is 11.6 Å². The molecule has 1 fully saturated rings. The lowest BCUT2D eigenvalue weighted by Crippen LogP contribution is -2.22. The maximum absolute atomic E-state index is 12.3. The molecule has 0 unspecified atom stereocenters. The molecule has 6 nitrogen and oxygen atoms in total. The molecule has 0 amide bonds. The number of allylic oxidation sites excluding steroid dienone is 1. The molecule has 0 radical (unpaired) electrons. The summed E-state index contributed by atoms with van der Waals surface area (Å²) in [6.07, 6.45) is 2.63. The van der Waals surface area contributed by atoms with E-state index in [9.17, 15) is 18.3 Å². The zero-order chi connectivity index (χ0) is 17.9. The summed E-state index contributed by atoms with van der Waals surface area (Å²) >= 11 is 6.12. The molecule has 3 N–H and O–H groups in total. The van der Waals surface area contributed by atoms with E-state index in [1.807, 2.05) is 0 Å². The van der Waals surface area contributed by atoms with Gasteiger partial charge in [0.05, 0.1) is 22.0 Å². The van der Waals surface area contributed by atoms with Crippen LogP contribution in [-0.2, 0) is 14.6 Å². The third kappa shape index (κ3) is 4.03. The van der Waals surface area contributed by atoms with Gasteiger partial charge >= 0.3 is 0 Å². The first-order valence-electron chi connectivity index (χ1n) is 7.46. The Hall–Kier alpha value is -1.70. The second-order valence-corrected chi connectivity index (χ2v) is 7.95. The summed E-state index contributed by atoms with van der Waals surface area (Å²) in [5.41, 5.74) is 6.30. The monoisotopic (exact) mass is 370 g/mol. The van der Waals surface area contributed by atoms with Gasteiger partial charge in [-0.2, -0.15) is 0 Å². The Balaban J connectivity index is 2.56. The third-order valence-electron chi connectivity index (χ3n) is 3.68. The molecule has 130 valence electrons.